The van der Waals surface area contributed by atoms with Gasteiger partial charge in [0.1, 0.15) is 5.82 Å². The Hall–Kier alpha value is -0.500. The van der Waals surface area contributed by atoms with Gasteiger partial charge in [0, 0.05) is 18.1 Å². The molecule has 0 atom stereocenters. The lowest BCUT2D eigenvalue weighted by Gasteiger charge is -2.17. The Labute approximate surface area is 109 Å². The van der Waals surface area contributed by atoms with Crippen LogP contribution in [-0.2, 0) is 10.0 Å². The quantitative estimate of drug-likeness (QED) is 0.894. The van der Waals surface area contributed by atoms with Crippen LogP contribution in [-0.4, -0.2) is 32.9 Å². The van der Waals surface area contributed by atoms with E-state index >= 15 is 0 Å². The van der Waals surface area contributed by atoms with Crippen LogP contribution in [0.2, 0.25) is 0 Å². The maximum Gasteiger partial charge on any atom is 0.243 e. The van der Waals surface area contributed by atoms with Crippen molar-refractivity contribution in [2.24, 2.45) is 5.73 Å². The normalized spacial score (nSPS) is 12.1. The van der Waals surface area contributed by atoms with Crippen molar-refractivity contribution in [2.45, 2.75) is 11.3 Å². The van der Waals surface area contributed by atoms with Crippen LogP contribution in [0.1, 0.15) is 6.42 Å². The molecule has 7 heteroatoms. The Bertz CT molecular complexity index is 493. The summed E-state index contributed by atoms with van der Waals surface area (Å²) in [4.78, 5) is 0.0541. The van der Waals surface area contributed by atoms with Gasteiger partial charge in [-0.15, -0.1) is 0 Å². The summed E-state index contributed by atoms with van der Waals surface area (Å²) >= 11 is 3.05. The smallest absolute Gasteiger partial charge is 0.243 e. The number of hydrogen-bond donors (Lipinski definition) is 1. The van der Waals surface area contributed by atoms with E-state index in [1.165, 1.54) is 17.4 Å². The number of benzene rings is 1. The Morgan fingerprint density at radius 1 is 1.47 bits per heavy atom. The van der Waals surface area contributed by atoms with Crippen LogP contribution in [0.25, 0.3) is 0 Å². The van der Waals surface area contributed by atoms with E-state index in [2.05, 4.69) is 15.9 Å². The first kappa shape index (κ1) is 14.6. The third-order valence-corrected chi connectivity index (χ3v) is 5.09. The molecule has 0 amide bonds. The van der Waals surface area contributed by atoms with Crippen LogP contribution >= 0.6 is 15.9 Å². The van der Waals surface area contributed by atoms with E-state index in [0.29, 0.717) is 19.5 Å². The van der Waals surface area contributed by atoms with E-state index in [1.807, 2.05) is 0 Å². The monoisotopic (exact) mass is 324 g/mol. The summed E-state index contributed by atoms with van der Waals surface area (Å²) in [5.41, 5.74) is 5.33. The molecule has 0 heterocycles. The Kier molecular flexibility index (Phi) is 5.05. The predicted octanol–water partition coefficient (Wildman–Crippen LogP) is 1.56. The van der Waals surface area contributed by atoms with Crippen molar-refractivity contribution in [3.05, 3.63) is 28.5 Å². The minimum absolute atomic E-state index is 0.0541. The molecule has 2 N–H and O–H groups in total. The number of halogens is 2. The fourth-order valence-electron chi connectivity index (χ4n) is 1.29. The summed E-state index contributed by atoms with van der Waals surface area (Å²) in [6.07, 6.45) is 0.578. The molecular weight excluding hydrogens is 311 g/mol. The van der Waals surface area contributed by atoms with Crippen molar-refractivity contribution in [1.29, 1.82) is 0 Å². The fraction of sp³-hybridized carbons (Fsp3) is 0.400. The van der Waals surface area contributed by atoms with Crippen LogP contribution in [0.4, 0.5) is 4.39 Å². The second-order valence-electron chi connectivity index (χ2n) is 3.54. The first-order chi connectivity index (χ1) is 7.89. The number of nitrogens with two attached hydrogens (primary N) is 1. The van der Waals surface area contributed by atoms with Gasteiger partial charge < -0.3 is 5.73 Å². The minimum Gasteiger partial charge on any atom is -0.330 e. The summed E-state index contributed by atoms with van der Waals surface area (Å²) in [5.74, 6) is -0.486. The molecule has 0 aromatic heterocycles. The highest BCUT2D eigenvalue weighted by Gasteiger charge is 2.22. The number of nitrogens with zero attached hydrogens (tertiary/aromatic N) is 1. The van der Waals surface area contributed by atoms with Gasteiger partial charge in [0.25, 0.3) is 0 Å². The van der Waals surface area contributed by atoms with Crippen LogP contribution in [0.15, 0.2) is 27.6 Å². The van der Waals surface area contributed by atoms with E-state index in [0.717, 1.165) is 12.1 Å². The molecular formula is C10H14BrFN2O2S. The van der Waals surface area contributed by atoms with Crippen molar-refractivity contribution in [2.75, 3.05) is 20.1 Å². The molecule has 1 aromatic carbocycles. The average Bonchev–Trinajstić information content (AvgIpc) is 2.25. The average molecular weight is 325 g/mol. The first-order valence-corrected chi connectivity index (χ1v) is 7.24. The highest BCUT2D eigenvalue weighted by molar-refractivity contribution is 9.10. The second-order valence-corrected chi connectivity index (χ2v) is 6.41. The lowest BCUT2D eigenvalue weighted by molar-refractivity contribution is 0.463. The standard InChI is InChI=1S/C10H14BrFN2O2S/c1-14(6-2-5-13)17(15,16)10-4-3-8(12)7-9(10)11/h3-4,7H,2,5-6,13H2,1H3. The molecule has 0 aliphatic carbocycles. The summed E-state index contributed by atoms with van der Waals surface area (Å²) in [6, 6.07) is 3.49. The van der Waals surface area contributed by atoms with Gasteiger partial charge in [0.05, 0.1) is 4.90 Å². The van der Waals surface area contributed by atoms with Gasteiger partial charge in [-0.1, -0.05) is 0 Å². The minimum atomic E-state index is -3.59. The van der Waals surface area contributed by atoms with Crippen LogP contribution in [0.5, 0.6) is 0 Å². The number of hydrogen-bond acceptors (Lipinski definition) is 3. The molecule has 0 unspecified atom stereocenters. The Balaban J connectivity index is 3.04. The summed E-state index contributed by atoms with van der Waals surface area (Å²) in [5, 5.41) is 0. The van der Waals surface area contributed by atoms with Gasteiger partial charge in [-0.2, -0.15) is 0 Å². The van der Waals surface area contributed by atoms with Crippen molar-refractivity contribution < 1.29 is 12.8 Å². The summed E-state index contributed by atoms with van der Waals surface area (Å²) in [6.45, 7) is 0.757. The summed E-state index contributed by atoms with van der Waals surface area (Å²) in [7, 11) is -2.12. The largest absolute Gasteiger partial charge is 0.330 e. The Morgan fingerprint density at radius 3 is 2.65 bits per heavy atom. The van der Waals surface area contributed by atoms with Gasteiger partial charge in [-0.05, 0) is 47.1 Å². The van der Waals surface area contributed by atoms with Gasteiger partial charge >= 0.3 is 0 Å². The highest BCUT2D eigenvalue weighted by Crippen LogP contribution is 2.25. The third-order valence-electron chi connectivity index (χ3n) is 2.26. The SMILES string of the molecule is CN(CCCN)S(=O)(=O)c1ccc(F)cc1Br. The summed E-state index contributed by atoms with van der Waals surface area (Å²) < 4.78 is 38.5. The zero-order valence-electron chi connectivity index (χ0n) is 9.36. The molecule has 0 bridgehead atoms. The zero-order chi connectivity index (χ0) is 13.1. The van der Waals surface area contributed by atoms with Gasteiger partial charge in [-0.3, -0.25) is 0 Å². The third kappa shape index (κ3) is 3.48. The van der Waals surface area contributed by atoms with E-state index < -0.39 is 15.8 Å². The molecule has 0 saturated carbocycles. The lowest BCUT2D eigenvalue weighted by atomic mass is 10.3. The fourth-order valence-corrected chi connectivity index (χ4v) is 3.50. The molecule has 0 spiro atoms. The van der Waals surface area contributed by atoms with Gasteiger partial charge in [-0.25, -0.2) is 17.1 Å². The maximum atomic E-state index is 12.9. The van der Waals surface area contributed by atoms with Crippen molar-refractivity contribution >= 4 is 26.0 Å². The molecule has 17 heavy (non-hydrogen) atoms. The molecule has 1 rings (SSSR count). The molecule has 1 aromatic rings. The first-order valence-electron chi connectivity index (χ1n) is 5.01. The zero-order valence-corrected chi connectivity index (χ0v) is 11.8. The Morgan fingerprint density at radius 2 is 2.12 bits per heavy atom. The molecule has 0 saturated heterocycles. The molecule has 4 nitrogen and oxygen atoms in total. The van der Waals surface area contributed by atoms with Crippen molar-refractivity contribution in [3.8, 4) is 0 Å². The highest BCUT2D eigenvalue weighted by atomic mass is 79.9. The molecule has 0 aliphatic rings. The number of sulfonamides is 1. The van der Waals surface area contributed by atoms with Crippen LogP contribution < -0.4 is 5.73 Å². The van der Waals surface area contributed by atoms with E-state index in [-0.39, 0.29) is 9.37 Å². The van der Waals surface area contributed by atoms with Gasteiger partial charge in [0.2, 0.25) is 10.0 Å². The van der Waals surface area contributed by atoms with Crippen LogP contribution in [0.3, 0.4) is 0 Å². The van der Waals surface area contributed by atoms with E-state index in [4.69, 9.17) is 5.73 Å². The molecule has 0 aliphatic heterocycles. The molecule has 96 valence electrons. The van der Waals surface area contributed by atoms with Gasteiger partial charge in [0.15, 0.2) is 0 Å². The van der Waals surface area contributed by atoms with E-state index in [1.54, 1.807) is 0 Å². The maximum absolute atomic E-state index is 12.9. The van der Waals surface area contributed by atoms with E-state index in [9.17, 15) is 12.8 Å². The second kappa shape index (κ2) is 5.90. The van der Waals surface area contributed by atoms with Crippen LogP contribution in [0, 0.1) is 5.82 Å². The topological polar surface area (TPSA) is 63.4 Å². The predicted molar refractivity (Wildman–Crippen MR) is 67.6 cm³/mol. The molecule has 0 radical (unpaired) electrons. The van der Waals surface area contributed by atoms with Crippen molar-refractivity contribution in [3.63, 3.8) is 0 Å². The molecule has 0 fully saturated rings. The number of rotatable bonds is 5. The lowest BCUT2D eigenvalue weighted by Crippen LogP contribution is -2.29. The van der Waals surface area contributed by atoms with Crippen molar-refractivity contribution in [1.82, 2.24) is 4.31 Å².